The second kappa shape index (κ2) is 8.94. The summed E-state index contributed by atoms with van der Waals surface area (Å²) in [6.45, 7) is 10.8. The summed E-state index contributed by atoms with van der Waals surface area (Å²) < 4.78 is 2.02. The molecule has 0 aliphatic carbocycles. The SMILES string of the molecule is C=CCn1c(C(=O)NC2=NN=C(c3ccccc3)CS2)c(C)c2cc(C(C)C)ccc21. The van der Waals surface area contributed by atoms with E-state index in [-0.39, 0.29) is 5.91 Å². The van der Waals surface area contributed by atoms with Crippen LogP contribution in [0.5, 0.6) is 0 Å². The van der Waals surface area contributed by atoms with Crippen molar-refractivity contribution in [2.45, 2.75) is 33.2 Å². The normalized spacial score (nSPS) is 13.8. The Labute approximate surface area is 187 Å². The maximum Gasteiger partial charge on any atom is 0.274 e. The van der Waals surface area contributed by atoms with E-state index in [1.807, 2.05) is 47.9 Å². The Morgan fingerprint density at radius 2 is 2.00 bits per heavy atom. The number of aryl methyl sites for hydroxylation is 1. The van der Waals surface area contributed by atoms with Crippen molar-refractivity contribution in [2.75, 3.05) is 5.75 Å². The molecule has 5 nitrogen and oxygen atoms in total. The molecule has 6 heteroatoms. The van der Waals surface area contributed by atoms with E-state index in [1.165, 1.54) is 17.3 Å². The number of rotatable bonds is 5. The molecule has 0 unspecified atom stereocenters. The van der Waals surface area contributed by atoms with Crippen LogP contribution in [0, 0.1) is 6.92 Å². The molecule has 2 aromatic carbocycles. The monoisotopic (exact) mass is 430 g/mol. The zero-order chi connectivity index (χ0) is 22.0. The third-order valence-corrected chi connectivity index (χ3v) is 6.34. The van der Waals surface area contributed by atoms with Crippen molar-refractivity contribution < 1.29 is 4.79 Å². The van der Waals surface area contributed by atoms with Gasteiger partial charge >= 0.3 is 0 Å². The third-order valence-electron chi connectivity index (χ3n) is 5.47. The van der Waals surface area contributed by atoms with Crippen molar-refractivity contribution in [2.24, 2.45) is 10.2 Å². The summed E-state index contributed by atoms with van der Waals surface area (Å²) in [6, 6.07) is 16.4. The molecule has 4 rings (SSSR count). The van der Waals surface area contributed by atoms with Gasteiger partial charge in [-0.3, -0.25) is 10.1 Å². The number of hydrogen-bond acceptors (Lipinski definition) is 4. The lowest BCUT2D eigenvalue weighted by Gasteiger charge is -2.14. The fraction of sp³-hybridized carbons (Fsp3) is 0.240. The van der Waals surface area contributed by atoms with E-state index < -0.39 is 0 Å². The number of benzene rings is 2. The summed E-state index contributed by atoms with van der Waals surface area (Å²) in [4.78, 5) is 13.3. The Balaban J connectivity index is 1.65. The number of nitrogens with zero attached hydrogens (tertiary/aromatic N) is 3. The van der Waals surface area contributed by atoms with Gasteiger partial charge in [0.1, 0.15) is 5.69 Å². The van der Waals surface area contributed by atoms with Gasteiger partial charge in [0.2, 0.25) is 0 Å². The Bertz CT molecular complexity index is 1210. The Morgan fingerprint density at radius 1 is 1.23 bits per heavy atom. The number of nitrogens with one attached hydrogen (secondary N) is 1. The summed E-state index contributed by atoms with van der Waals surface area (Å²) in [5, 5.41) is 13.2. The topological polar surface area (TPSA) is 58.8 Å². The van der Waals surface area contributed by atoms with Gasteiger partial charge in [0.25, 0.3) is 5.91 Å². The number of carbonyl (C=O) groups is 1. The highest BCUT2D eigenvalue weighted by atomic mass is 32.2. The number of amidine groups is 1. The molecule has 31 heavy (non-hydrogen) atoms. The molecular formula is C25H26N4OS. The molecule has 1 aromatic heterocycles. The number of thioether (sulfide) groups is 1. The predicted molar refractivity (Wildman–Crippen MR) is 131 cm³/mol. The van der Waals surface area contributed by atoms with E-state index in [0.717, 1.165) is 27.7 Å². The minimum Gasteiger partial charge on any atom is -0.332 e. The second-order valence-electron chi connectivity index (χ2n) is 7.86. The molecule has 0 bridgehead atoms. The van der Waals surface area contributed by atoms with Gasteiger partial charge in [-0.1, -0.05) is 68.1 Å². The molecule has 158 valence electrons. The minimum absolute atomic E-state index is 0.175. The average molecular weight is 431 g/mol. The number of aromatic nitrogens is 1. The first-order valence-electron chi connectivity index (χ1n) is 10.4. The molecule has 1 N–H and O–H groups in total. The van der Waals surface area contributed by atoms with E-state index in [9.17, 15) is 4.79 Å². The van der Waals surface area contributed by atoms with Crippen LogP contribution in [0.4, 0.5) is 0 Å². The number of hydrogen-bond donors (Lipinski definition) is 1. The molecule has 0 spiro atoms. The summed E-state index contributed by atoms with van der Waals surface area (Å²) in [5.74, 6) is 0.912. The highest BCUT2D eigenvalue weighted by molar-refractivity contribution is 8.14. The molecular weight excluding hydrogens is 404 g/mol. The first kappa shape index (κ1) is 21.1. The number of carbonyl (C=O) groups excluding carboxylic acids is 1. The van der Waals surface area contributed by atoms with Crippen LogP contribution in [0.3, 0.4) is 0 Å². The van der Waals surface area contributed by atoms with Gasteiger partial charge < -0.3 is 4.57 Å². The quantitative estimate of drug-likeness (QED) is 0.544. The van der Waals surface area contributed by atoms with Crippen molar-refractivity contribution in [3.63, 3.8) is 0 Å². The lowest BCUT2D eigenvalue weighted by Crippen LogP contribution is -2.32. The van der Waals surface area contributed by atoms with Crippen LogP contribution in [0.2, 0.25) is 0 Å². The average Bonchev–Trinajstić information content (AvgIpc) is 3.06. The van der Waals surface area contributed by atoms with Crippen LogP contribution in [-0.2, 0) is 6.54 Å². The lowest BCUT2D eigenvalue weighted by molar-refractivity contribution is 0.0969. The highest BCUT2D eigenvalue weighted by Gasteiger charge is 2.23. The van der Waals surface area contributed by atoms with E-state index in [1.54, 1.807) is 0 Å². The van der Waals surface area contributed by atoms with Crippen LogP contribution in [0.25, 0.3) is 10.9 Å². The molecule has 2 heterocycles. The van der Waals surface area contributed by atoms with E-state index in [4.69, 9.17) is 0 Å². The smallest absolute Gasteiger partial charge is 0.274 e. The van der Waals surface area contributed by atoms with Crippen molar-refractivity contribution in [1.29, 1.82) is 0 Å². The van der Waals surface area contributed by atoms with E-state index in [0.29, 0.717) is 29.1 Å². The van der Waals surface area contributed by atoms with E-state index in [2.05, 4.69) is 54.1 Å². The largest absolute Gasteiger partial charge is 0.332 e. The fourth-order valence-corrected chi connectivity index (χ4v) is 4.56. The van der Waals surface area contributed by atoms with Gasteiger partial charge in [-0.15, -0.1) is 11.7 Å². The van der Waals surface area contributed by atoms with Crippen LogP contribution >= 0.6 is 11.8 Å². The molecule has 0 saturated heterocycles. The predicted octanol–water partition coefficient (Wildman–Crippen LogP) is 5.50. The number of amides is 1. The molecule has 0 radical (unpaired) electrons. The molecule has 0 saturated carbocycles. The Morgan fingerprint density at radius 3 is 2.65 bits per heavy atom. The summed E-state index contributed by atoms with van der Waals surface area (Å²) in [5.41, 5.74) is 5.85. The van der Waals surface area contributed by atoms with Crippen molar-refractivity contribution >= 4 is 39.5 Å². The molecule has 0 atom stereocenters. The van der Waals surface area contributed by atoms with Crippen LogP contribution < -0.4 is 5.32 Å². The molecule has 1 aliphatic rings. The highest BCUT2D eigenvalue weighted by Crippen LogP contribution is 2.29. The van der Waals surface area contributed by atoms with Crippen LogP contribution in [-0.4, -0.2) is 27.1 Å². The molecule has 1 amide bonds. The summed E-state index contributed by atoms with van der Waals surface area (Å²) >= 11 is 1.49. The fourth-order valence-electron chi connectivity index (χ4n) is 3.80. The van der Waals surface area contributed by atoms with Gasteiger partial charge in [0, 0.05) is 23.2 Å². The Hall–Kier alpha value is -3.12. The first-order chi connectivity index (χ1) is 15.0. The van der Waals surface area contributed by atoms with Crippen LogP contribution in [0.1, 0.15) is 46.9 Å². The van der Waals surface area contributed by atoms with E-state index >= 15 is 0 Å². The first-order valence-corrected chi connectivity index (χ1v) is 11.4. The minimum atomic E-state index is -0.175. The van der Waals surface area contributed by atoms with Gasteiger partial charge in [-0.05, 0) is 41.7 Å². The molecule has 0 fully saturated rings. The van der Waals surface area contributed by atoms with Gasteiger partial charge in [0.05, 0.1) is 5.71 Å². The van der Waals surface area contributed by atoms with Gasteiger partial charge in [-0.2, -0.15) is 5.10 Å². The number of allylic oxidation sites excluding steroid dienone is 1. The molecule has 1 aliphatic heterocycles. The van der Waals surface area contributed by atoms with Crippen molar-refractivity contribution in [3.05, 3.63) is 83.6 Å². The zero-order valence-electron chi connectivity index (χ0n) is 18.1. The Kier molecular flexibility index (Phi) is 6.09. The third kappa shape index (κ3) is 4.21. The number of fused-ring (bicyclic) bond motifs is 1. The second-order valence-corrected chi connectivity index (χ2v) is 8.83. The standard InChI is InChI=1S/C25H26N4OS/c1-5-13-29-22-12-11-19(16(2)3)14-20(22)17(4)23(29)24(30)26-25-28-27-21(15-31-25)18-9-7-6-8-10-18/h5-12,14,16H,1,13,15H2,2-4H3,(H,26,28,30). The summed E-state index contributed by atoms with van der Waals surface area (Å²) in [7, 11) is 0. The summed E-state index contributed by atoms with van der Waals surface area (Å²) in [6.07, 6.45) is 1.81. The van der Waals surface area contributed by atoms with Gasteiger partial charge in [0.15, 0.2) is 5.17 Å². The molecule has 3 aromatic rings. The van der Waals surface area contributed by atoms with Crippen LogP contribution in [0.15, 0.2) is 71.4 Å². The van der Waals surface area contributed by atoms with Gasteiger partial charge in [-0.25, -0.2) is 0 Å². The lowest BCUT2D eigenvalue weighted by atomic mass is 10.0. The maximum absolute atomic E-state index is 13.3. The van der Waals surface area contributed by atoms with Crippen molar-refractivity contribution in [3.8, 4) is 0 Å². The van der Waals surface area contributed by atoms with Crippen molar-refractivity contribution in [1.82, 2.24) is 9.88 Å². The zero-order valence-corrected chi connectivity index (χ0v) is 18.9. The maximum atomic E-state index is 13.3.